The highest BCUT2D eigenvalue weighted by Crippen LogP contribution is 2.30. The molecule has 2 aromatic rings. The Morgan fingerprint density at radius 3 is 2.48 bits per heavy atom. The fourth-order valence-electron chi connectivity index (χ4n) is 3.41. The molecule has 1 aromatic heterocycles. The van der Waals surface area contributed by atoms with E-state index >= 15 is 0 Å². The minimum atomic E-state index is -1.12. The first-order valence-electron chi connectivity index (χ1n) is 9.37. The highest BCUT2D eigenvalue weighted by Gasteiger charge is 2.42. The van der Waals surface area contributed by atoms with Gasteiger partial charge in [-0.1, -0.05) is 56.1 Å². The number of amides is 1. The van der Waals surface area contributed by atoms with Crippen molar-refractivity contribution < 1.29 is 19.2 Å². The lowest BCUT2D eigenvalue weighted by Gasteiger charge is -2.25. The molecule has 7 nitrogen and oxygen atoms in total. The van der Waals surface area contributed by atoms with E-state index in [1.165, 1.54) is 5.56 Å². The Balaban J connectivity index is 1.58. The fraction of sp³-hybridized carbons (Fsp3) is 0.500. The van der Waals surface area contributed by atoms with E-state index < -0.39 is 11.5 Å². The number of hydrogen-bond acceptors (Lipinski definition) is 5. The monoisotopic (exact) mass is 371 g/mol. The van der Waals surface area contributed by atoms with Crippen LogP contribution < -0.4 is 5.32 Å². The summed E-state index contributed by atoms with van der Waals surface area (Å²) >= 11 is 0. The van der Waals surface area contributed by atoms with Crippen LogP contribution in [0.25, 0.3) is 11.4 Å². The SMILES string of the molecule is CC(C)c1ccc(-c2noc(CCC(=O)NC3(C(=O)O)CCCC3)n2)cc1. The summed E-state index contributed by atoms with van der Waals surface area (Å²) in [5.41, 5.74) is 0.975. The van der Waals surface area contributed by atoms with Crippen molar-refractivity contribution in [2.45, 2.75) is 63.8 Å². The third-order valence-electron chi connectivity index (χ3n) is 5.11. The van der Waals surface area contributed by atoms with E-state index in [0.29, 0.717) is 30.5 Å². The first-order chi connectivity index (χ1) is 12.9. The summed E-state index contributed by atoms with van der Waals surface area (Å²) in [6.45, 7) is 4.26. The van der Waals surface area contributed by atoms with E-state index in [9.17, 15) is 14.7 Å². The summed E-state index contributed by atoms with van der Waals surface area (Å²) in [6.07, 6.45) is 2.97. The number of carboxylic acid groups (broad SMARTS) is 1. The van der Waals surface area contributed by atoms with Gasteiger partial charge in [-0.2, -0.15) is 4.98 Å². The van der Waals surface area contributed by atoms with Gasteiger partial charge in [-0.25, -0.2) is 4.79 Å². The molecule has 1 saturated carbocycles. The summed E-state index contributed by atoms with van der Waals surface area (Å²) < 4.78 is 5.23. The van der Waals surface area contributed by atoms with Crippen LogP contribution in [0, 0.1) is 0 Å². The first kappa shape index (κ1) is 19.1. The molecule has 1 heterocycles. The zero-order chi connectivity index (χ0) is 19.4. The molecule has 27 heavy (non-hydrogen) atoms. The van der Waals surface area contributed by atoms with Gasteiger partial charge in [-0.3, -0.25) is 4.79 Å². The van der Waals surface area contributed by atoms with Crippen molar-refractivity contribution in [2.24, 2.45) is 0 Å². The molecule has 1 fully saturated rings. The highest BCUT2D eigenvalue weighted by atomic mass is 16.5. The van der Waals surface area contributed by atoms with Gasteiger partial charge in [0.2, 0.25) is 17.6 Å². The summed E-state index contributed by atoms with van der Waals surface area (Å²) in [7, 11) is 0. The van der Waals surface area contributed by atoms with Crippen molar-refractivity contribution in [1.29, 1.82) is 0 Å². The second-order valence-electron chi connectivity index (χ2n) is 7.43. The predicted molar refractivity (Wildman–Crippen MR) is 99.1 cm³/mol. The predicted octanol–water partition coefficient (Wildman–Crippen LogP) is 3.31. The van der Waals surface area contributed by atoms with Crippen molar-refractivity contribution in [3.63, 3.8) is 0 Å². The van der Waals surface area contributed by atoms with Crippen LogP contribution in [-0.4, -0.2) is 32.7 Å². The first-order valence-corrected chi connectivity index (χ1v) is 9.37. The van der Waals surface area contributed by atoms with Gasteiger partial charge in [-0.15, -0.1) is 0 Å². The molecule has 3 rings (SSSR count). The third kappa shape index (κ3) is 4.35. The number of aliphatic carboxylic acids is 1. The molecule has 0 atom stereocenters. The van der Waals surface area contributed by atoms with E-state index in [1.807, 2.05) is 24.3 Å². The number of rotatable bonds is 7. The minimum absolute atomic E-state index is 0.114. The molecular weight excluding hydrogens is 346 g/mol. The van der Waals surface area contributed by atoms with Gasteiger partial charge in [0, 0.05) is 18.4 Å². The number of aromatic nitrogens is 2. The van der Waals surface area contributed by atoms with E-state index in [0.717, 1.165) is 18.4 Å². The van der Waals surface area contributed by atoms with Crippen molar-refractivity contribution in [2.75, 3.05) is 0 Å². The average molecular weight is 371 g/mol. The Hall–Kier alpha value is -2.70. The van der Waals surface area contributed by atoms with E-state index in [4.69, 9.17) is 4.52 Å². The quantitative estimate of drug-likeness (QED) is 0.773. The lowest BCUT2D eigenvalue weighted by Crippen LogP contribution is -2.52. The van der Waals surface area contributed by atoms with Crippen LogP contribution in [0.3, 0.4) is 0 Å². The molecule has 2 N–H and O–H groups in total. The normalized spacial score (nSPS) is 15.8. The summed E-state index contributed by atoms with van der Waals surface area (Å²) in [4.78, 5) is 28.0. The maximum Gasteiger partial charge on any atom is 0.329 e. The summed E-state index contributed by atoms with van der Waals surface area (Å²) in [5, 5.41) is 16.1. The fourth-order valence-corrected chi connectivity index (χ4v) is 3.41. The zero-order valence-electron chi connectivity index (χ0n) is 15.7. The molecule has 1 aromatic carbocycles. The largest absolute Gasteiger partial charge is 0.480 e. The Morgan fingerprint density at radius 1 is 1.22 bits per heavy atom. The Kier molecular flexibility index (Phi) is 5.58. The Morgan fingerprint density at radius 2 is 1.89 bits per heavy atom. The molecule has 0 radical (unpaired) electrons. The molecule has 0 saturated heterocycles. The average Bonchev–Trinajstić information content (AvgIpc) is 3.30. The molecule has 144 valence electrons. The highest BCUT2D eigenvalue weighted by molar-refractivity contribution is 5.87. The molecule has 1 aliphatic rings. The van der Waals surface area contributed by atoms with E-state index in [1.54, 1.807) is 0 Å². The van der Waals surface area contributed by atoms with Crippen LogP contribution in [0.5, 0.6) is 0 Å². The molecule has 0 aliphatic heterocycles. The second-order valence-corrected chi connectivity index (χ2v) is 7.43. The van der Waals surface area contributed by atoms with Gasteiger partial charge < -0.3 is 14.9 Å². The summed E-state index contributed by atoms with van der Waals surface area (Å²) in [6, 6.07) is 7.98. The topological polar surface area (TPSA) is 105 Å². The number of aryl methyl sites for hydroxylation is 1. The van der Waals surface area contributed by atoms with Gasteiger partial charge in [0.15, 0.2) is 0 Å². The minimum Gasteiger partial charge on any atom is -0.480 e. The lowest BCUT2D eigenvalue weighted by atomic mass is 9.97. The molecule has 1 aliphatic carbocycles. The standard InChI is InChI=1S/C20H25N3O4/c1-13(2)14-5-7-15(8-6-14)18-21-17(27-23-18)10-9-16(24)22-20(19(25)26)11-3-4-12-20/h5-8,13H,3-4,9-12H2,1-2H3,(H,22,24)(H,25,26). The summed E-state index contributed by atoms with van der Waals surface area (Å²) in [5.74, 6) is 0.0355. The van der Waals surface area contributed by atoms with Crippen LogP contribution in [-0.2, 0) is 16.0 Å². The van der Waals surface area contributed by atoms with Crippen molar-refractivity contribution >= 4 is 11.9 Å². The van der Waals surface area contributed by atoms with E-state index in [-0.39, 0.29) is 18.7 Å². The maximum absolute atomic E-state index is 12.2. The van der Waals surface area contributed by atoms with Crippen molar-refractivity contribution in [3.05, 3.63) is 35.7 Å². The number of hydrogen-bond donors (Lipinski definition) is 2. The number of nitrogens with zero attached hydrogens (tertiary/aromatic N) is 2. The molecular formula is C20H25N3O4. The smallest absolute Gasteiger partial charge is 0.329 e. The van der Waals surface area contributed by atoms with Gasteiger partial charge in [0.25, 0.3) is 0 Å². The Labute approximate surface area is 158 Å². The zero-order valence-corrected chi connectivity index (χ0v) is 15.7. The number of carboxylic acids is 1. The second kappa shape index (κ2) is 7.90. The van der Waals surface area contributed by atoms with Crippen molar-refractivity contribution in [1.82, 2.24) is 15.5 Å². The lowest BCUT2D eigenvalue weighted by molar-refractivity contribution is -0.147. The van der Waals surface area contributed by atoms with Crippen LogP contribution in [0.15, 0.2) is 28.8 Å². The number of benzene rings is 1. The van der Waals surface area contributed by atoms with E-state index in [2.05, 4.69) is 29.3 Å². The molecule has 0 spiro atoms. The van der Waals surface area contributed by atoms with Crippen LogP contribution in [0.4, 0.5) is 0 Å². The van der Waals surface area contributed by atoms with Crippen LogP contribution in [0.1, 0.15) is 63.3 Å². The Bertz CT molecular complexity index is 805. The van der Waals surface area contributed by atoms with Crippen LogP contribution in [0.2, 0.25) is 0 Å². The van der Waals surface area contributed by atoms with Crippen molar-refractivity contribution in [3.8, 4) is 11.4 Å². The number of carbonyl (C=O) groups is 2. The number of carbonyl (C=O) groups excluding carboxylic acids is 1. The van der Waals surface area contributed by atoms with Gasteiger partial charge in [-0.05, 0) is 24.3 Å². The van der Waals surface area contributed by atoms with Gasteiger partial charge in [0.1, 0.15) is 5.54 Å². The van der Waals surface area contributed by atoms with Gasteiger partial charge >= 0.3 is 5.97 Å². The molecule has 7 heteroatoms. The van der Waals surface area contributed by atoms with Crippen LogP contribution >= 0.6 is 0 Å². The molecule has 0 unspecified atom stereocenters. The number of nitrogens with one attached hydrogen (secondary N) is 1. The molecule has 0 bridgehead atoms. The van der Waals surface area contributed by atoms with Gasteiger partial charge in [0.05, 0.1) is 0 Å². The third-order valence-corrected chi connectivity index (χ3v) is 5.11. The maximum atomic E-state index is 12.2. The molecule has 1 amide bonds.